The summed E-state index contributed by atoms with van der Waals surface area (Å²) in [6.45, 7) is 1.78. The van der Waals surface area contributed by atoms with E-state index in [0.717, 1.165) is 5.56 Å². The van der Waals surface area contributed by atoms with Gasteiger partial charge in [-0.25, -0.2) is 12.8 Å². The van der Waals surface area contributed by atoms with Crippen LogP contribution in [-0.2, 0) is 14.6 Å². The Labute approximate surface area is 122 Å². The predicted octanol–water partition coefficient (Wildman–Crippen LogP) is 1.99. The summed E-state index contributed by atoms with van der Waals surface area (Å²) in [4.78, 5) is 11.8. The lowest BCUT2D eigenvalue weighted by Gasteiger charge is -2.10. The molecule has 1 aromatic rings. The number of amides is 1. The van der Waals surface area contributed by atoms with Gasteiger partial charge in [0.25, 0.3) is 0 Å². The second-order valence-corrected chi connectivity index (χ2v) is 8.36. The van der Waals surface area contributed by atoms with Crippen molar-refractivity contribution in [3.05, 3.63) is 29.6 Å². The highest BCUT2D eigenvalue weighted by Crippen LogP contribution is 2.24. The van der Waals surface area contributed by atoms with E-state index >= 15 is 0 Å². The minimum Gasteiger partial charge on any atom is -0.325 e. The molecular weight excluding hydrogens is 301 g/mol. The number of carbonyl (C=O) groups is 1. The van der Waals surface area contributed by atoms with Crippen molar-refractivity contribution in [3.63, 3.8) is 0 Å². The smallest absolute Gasteiger partial charge is 0.234 e. The first-order valence-electron chi connectivity index (χ1n) is 6.24. The van der Waals surface area contributed by atoms with Crippen molar-refractivity contribution in [1.82, 2.24) is 0 Å². The van der Waals surface area contributed by atoms with Crippen molar-refractivity contribution in [2.75, 3.05) is 22.6 Å². The Kier molecular flexibility index (Phi) is 4.70. The molecule has 0 saturated carbocycles. The summed E-state index contributed by atoms with van der Waals surface area (Å²) < 4.78 is 35.7. The van der Waals surface area contributed by atoms with Crippen LogP contribution in [0.4, 0.5) is 10.1 Å². The number of rotatable bonds is 4. The first-order chi connectivity index (χ1) is 9.35. The summed E-state index contributed by atoms with van der Waals surface area (Å²) >= 11 is 1.34. The van der Waals surface area contributed by atoms with Crippen LogP contribution in [0.2, 0.25) is 0 Å². The lowest BCUT2D eigenvalue weighted by molar-refractivity contribution is -0.113. The Hall–Kier alpha value is -1.08. The van der Waals surface area contributed by atoms with Crippen LogP contribution in [0.3, 0.4) is 0 Å². The maximum absolute atomic E-state index is 13.1. The number of anilines is 1. The topological polar surface area (TPSA) is 63.2 Å². The average Bonchev–Trinajstić information content (AvgIpc) is 2.71. The zero-order valence-corrected chi connectivity index (χ0v) is 12.7. The van der Waals surface area contributed by atoms with Gasteiger partial charge >= 0.3 is 0 Å². The van der Waals surface area contributed by atoms with Crippen molar-refractivity contribution in [2.24, 2.45) is 0 Å². The quantitative estimate of drug-likeness (QED) is 0.922. The monoisotopic (exact) mass is 317 g/mol. The van der Waals surface area contributed by atoms with Gasteiger partial charge in [0.15, 0.2) is 9.84 Å². The summed E-state index contributed by atoms with van der Waals surface area (Å²) in [5.74, 6) is -0.122. The van der Waals surface area contributed by atoms with Crippen molar-refractivity contribution < 1.29 is 17.6 Å². The summed E-state index contributed by atoms with van der Waals surface area (Å²) in [5.41, 5.74) is 1.24. The Morgan fingerprint density at radius 2 is 2.25 bits per heavy atom. The summed E-state index contributed by atoms with van der Waals surface area (Å²) in [6.07, 6.45) is 0.597. The molecule has 0 unspecified atom stereocenters. The van der Waals surface area contributed by atoms with Gasteiger partial charge in [0.05, 0.1) is 17.3 Å². The molecule has 1 aliphatic rings. The molecule has 1 N–H and O–H groups in total. The minimum absolute atomic E-state index is 0.0145. The fourth-order valence-electron chi connectivity index (χ4n) is 2.00. The fourth-order valence-corrected chi connectivity index (χ4v) is 5.44. The number of sulfone groups is 1. The third-order valence-corrected chi connectivity index (χ3v) is 6.40. The zero-order chi connectivity index (χ0) is 14.8. The molecule has 0 spiro atoms. The molecule has 110 valence electrons. The number of hydrogen-bond acceptors (Lipinski definition) is 4. The van der Waals surface area contributed by atoms with Gasteiger partial charge in [0, 0.05) is 10.9 Å². The second-order valence-electron chi connectivity index (χ2n) is 4.84. The SMILES string of the molecule is Cc1ccc(F)cc1NC(=O)CS[C@H]1CCS(=O)(=O)C1. The zero-order valence-electron chi connectivity index (χ0n) is 11.1. The van der Waals surface area contributed by atoms with E-state index in [0.29, 0.717) is 12.1 Å². The second kappa shape index (κ2) is 6.13. The fraction of sp³-hybridized carbons (Fsp3) is 0.462. The molecule has 0 bridgehead atoms. The summed E-state index contributed by atoms with van der Waals surface area (Å²) in [7, 11) is -2.92. The minimum atomic E-state index is -2.92. The molecule has 1 aliphatic heterocycles. The number of nitrogens with one attached hydrogen (secondary N) is 1. The van der Waals surface area contributed by atoms with Crippen LogP contribution >= 0.6 is 11.8 Å². The number of halogens is 1. The summed E-state index contributed by atoms with van der Waals surface area (Å²) in [5, 5.41) is 2.63. The Morgan fingerprint density at radius 1 is 1.50 bits per heavy atom. The largest absolute Gasteiger partial charge is 0.325 e. The highest BCUT2D eigenvalue weighted by Gasteiger charge is 2.28. The number of aryl methyl sites for hydroxylation is 1. The Morgan fingerprint density at radius 3 is 2.90 bits per heavy atom. The molecule has 2 rings (SSSR count). The van der Waals surface area contributed by atoms with Crippen molar-refractivity contribution in [2.45, 2.75) is 18.6 Å². The van der Waals surface area contributed by atoms with Gasteiger partial charge in [-0.1, -0.05) is 6.07 Å². The van der Waals surface area contributed by atoms with Crippen LogP contribution in [0.25, 0.3) is 0 Å². The van der Waals surface area contributed by atoms with E-state index in [1.54, 1.807) is 13.0 Å². The van der Waals surface area contributed by atoms with Crippen molar-refractivity contribution >= 4 is 33.2 Å². The lowest BCUT2D eigenvalue weighted by atomic mass is 10.2. The van der Waals surface area contributed by atoms with E-state index in [9.17, 15) is 17.6 Å². The first kappa shape index (κ1) is 15.3. The lowest BCUT2D eigenvalue weighted by Crippen LogP contribution is -2.17. The third kappa shape index (κ3) is 4.21. The molecule has 20 heavy (non-hydrogen) atoms. The van der Waals surface area contributed by atoms with Gasteiger partial charge in [0.2, 0.25) is 5.91 Å². The molecule has 1 fully saturated rings. The average molecular weight is 317 g/mol. The van der Waals surface area contributed by atoms with Gasteiger partial charge in [-0.2, -0.15) is 0 Å². The van der Waals surface area contributed by atoms with Crippen LogP contribution in [-0.4, -0.2) is 36.8 Å². The normalized spacial score (nSPS) is 20.8. The van der Waals surface area contributed by atoms with Gasteiger partial charge in [-0.3, -0.25) is 4.79 Å². The van der Waals surface area contributed by atoms with Crippen LogP contribution in [0.1, 0.15) is 12.0 Å². The molecule has 0 radical (unpaired) electrons. The predicted molar refractivity (Wildman–Crippen MR) is 79.3 cm³/mol. The number of carbonyl (C=O) groups excluding carboxylic acids is 1. The maximum Gasteiger partial charge on any atom is 0.234 e. The first-order valence-corrected chi connectivity index (χ1v) is 9.11. The highest BCUT2D eigenvalue weighted by molar-refractivity contribution is 8.02. The summed E-state index contributed by atoms with van der Waals surface area (Å²) in [6, 6.07) is 4.21. The molecule has 0 aromatic heterocycles. The number of hydrogen-bond donors (Lipinski definition) is 1. The van der Waals surface area contributed by atoms with E-state index in [-0.39, 0.29) is 28.4 Å². The van der Waals surface area contributed by atoms with E-state index in [1.807, 2.05) is 0 Å². The van der Waals surface area contributed by atoms with Crippen LogP contribution in [0.15, 0.2) is 18.2 Å². The van der Waals surface area contributed by atoms with E-state index in [4.69, 9.17) is 0 Å². The number of benzene rings is 1. The van der Waals surface area contributed by atoms with Crippen molar-refractivity contribution in [1.29, 1.82) is 0 Å². The Bertz CT molecular complexity index is 616. The number of thioether (sulfide) groups is 1. The molecule has 0 aliphatic carbocycles. The molecule has 7 heteroatoms. The van der Waals surface area contributed by atoms with Crippen molar-refractivity contribution in [3.8, 4) is 0 Å². The Balaban J connectivity index is 1.85. The van der Waals surface area contributed by atoms with Crippen LogP contribution < -0.4 is 5.32 Å². The molecular formula is C13H16FNO3S2. The van der Waals surface area contributed by atoms with E-state index in [2.05, 4.69) is 5.32 Å². The van der Waals surface area contributed by atoms with E-state index in [1.165, 1.54) is 23.9 Å². The van der Waals surface area contributed by atoms with Gasteiger partial charge in [0.1, 0.15) is 5.82 Å². The standard InChI is InChI=1S/C13H16FNO3S2/c1-9-2-3-10(14)6-12(9)15-13(16)7-19-11-4-5-20(17,18)8-11/h2-3,6,11H,4-5,7-8H2,1H3,(H,15,16)/t11-/m0/s1. The van der Waals surface area contributed by atoms with Gasteiger partial charge in [-0.15, -0.1) is 11.8 Å². The van der Waals surface area contributed by atoms with E-state index < -0.39 is 15.7 Å². The molecule has 1 heterocycles. The van der Waals surface area contributed by atoms with Gasteiger partial charge < -0.3 is 5.32 Å². The molecule has 1 aromatic carbocycles. The molecule has 4 nitrogen and oxygen atoms in total. The molecule has 1 amide bonds. The van der Waals surface area contributed by atoms with Crippen LogP contribution in [0, 0.1) is 12.7 Å². The van der Waals surface area contributed by atoms with Gasteiger partial charge in [-0.05, 0) is 31.0 Å². The maximum atomic E-state index is 13.1. The molecule has 1 saturated heterocycles. The van der Waals surface area contributed by atoms with Crippen LogP contribution in [0.5, 0.6) is 0 Å². The molecule has 1 atom stereocenters. The third-order valence-electron chi connectivity index (χ3n) is 3.11. The highest BCUT2D eigenvalue weighted by atomic mass is 32.2.